The molecule has 4 rings (SSSR count). The third kappa shape index (κ3) is 4.15. The van der Waals surface area contributed by atoms with Gasteiger partial charge in [0.1, 0.15) is 5.56 Å². The number of carbonyl (C=O) groups is 2. The van der Waals surface area contributed by atoms with Crippen molar-refractivity contribution in [1.29, 1.82) is 5.26 Å². The normalized spacial score (nSPS) is 15.3. The maximum Gasteiger partial charge on any atom is 0.263 e. The van der Waals surface area contributed by atoms with Gasteiger partial charge >= 0.3 is 0 Å². The lowest BCUT2D eigenvalue weighted by Gasteiger charge is -2.40. The van der Waals surface area contributed by atoms with Crippen LogP contribution in [0.15, 0.2) is 54.0 Å². The number of thiophene rings is 1. The minimum Gasteiger partial charge on any atom is -0.365 e. The molecule has 8 nitrogen and oxygen atoms in total. The number of nitrogens with zero attached hydrogens (tertiary/aromatic N) is 4. The molecule has 3 N–H and O–H groups in total. The molecule has 0 spiro atoms. The van der Waals surface area contributed by atoms with E-state index in [1.54, 1.807) is 10.9 Å². The summed E-state index contributed by atoms with van der Waals surface area (Å²) in [5, 5.41) is 19.1. The van der Waals surface area contributed by atoms with Crippen LogP contribution in [-0.2, 0) is 5.54 Å². The van der Waals surface area contributed by atoms with Crippen LogP contribution in [0, 0.1) is 11.3 Å². The number of benzene rings is 1. The quantitative estimate of drug-likeness (QED) is 0.617. The first-order valence-corrected chi connectivity index (χ1v) is 10.8. The van der Waals surface area contributed by atoms with Crippen LogP contribution in [0.1, 0.15) is 39.3 Å². The van der Waals surface area contributed by atoms with E-state index in [0.717, 1.165) is 5.69 Å². The third-order valence-corrected chi connectivity index (χ3v) is 6.48. The van der Waals surface area contributed by atoms with Crippen LogP contribution < -0.4 is 11.1 Å². The van der Waals surface area contributed by atoms with Crippen LogP contribution in [0.25, 0.3) is 0 Å². The average molecular weight is 435 g/mol. The number of primary amides is 1. The molecule has 2 aromatic heterocycles. The number of nitrogens with one attached hydrogen (secondary N) is 1. The predicted molar refractivity (Wildman–Crippen MR) is 118 cm³/mol. The molecule has 1 aliphatic heterocycles. The zero-order valence-electron chi connectivity index (χ0n) is 16.8. The minimum atomic E-state index is -0.609. The van der Waals surface area contributed by atoms with Crippen molar-refractivity contribution < 1.29 is 9.59 Å². The fourth-order valence-electron chi connectivity index (χ4n) is 3.86. The summed E-state index contributed by atoms with van der Waals surface area (Å²) in [5.41, 5.74) is 6.03. The lowest BCUT2D eigenvalue weighted by molar-refractivity contribution is 0.0584. The van der Waals surface area contributed by atoms with E-state index in [4.69, 9.17) is 5.73 Å². The van der Waals surface area contributed by atoms with Gasteiger partial charge in [0.2, 0.25) is 0 Å². The number of piperidine rings is 1. The molecule has 1 fully saturated rings. The highest BCUT2D eigenvalue weighted by Crippen LogP contribution is 2.35. The second kappa shape index (κ2) is 8.62. The Morgan fingerprint density at radius 2 is 1.94 bits per heavy atom. The predicted octanol–water partition coefficient (Wildman–Crippen LogP) is 3.33. The SMILES string of the molecule is N#CCC1(n2cc(C(N)=O)c(Nc3ccccc3)n2)CCN(C(=O)c2cccs2)CC1. The Morgan fingerprint density at radius 1 is 1.19 bits per heavy atom. The molecule has 1 saturated heterocycles. The first-order chi connectivity index (χ1) is 15.0. The minimum absolute atomic E-state index is 0.00489. The Labute approximate surface area is 183 Å². The number of hydrogen-bond acceptors (Lipinski definition) is 6. The topological polar surface area (TPSA) is 117 Å². The summed E-state index contributed by atoms with van der Waals surface area (Å²) in [6, 6.07) is 15.3. The van der Waals surface area contributed by atoms with Crippen molar-refractivity contribution in [2.45, 2.75) is 24.8 Å². The van der Waals surface area contributed by atoms with Gasteiger partial charge in [-0.3, -0.25) is 14.3 Å². The molecule has 0 unspecified atom stereocenters. The molecular formula is C22H22N6O2S. The molecule has 0 atom stereocenters. The molecule has 1 aliphatic rings. The van der Waals surface area contributed by atoms with Crippen molar-refractivity contribution in [1.82, 2.24) is 14.7 Å². The van der Waals surface area contributed by atoms with Gasteiger partial charge in [-0.15, -0.1) is 11.3 Å². The Hall–Kier alpha value is -3.64. The zero-order chi connectivity index (χ0) is 21.8. The van der Waals surface area contributed by atoms with E-state index in [9.17, 15) is 14.9 Å². The number of likely N-dealkylation sites (tertiary alicyclic amines) is 1. The Bertz CT molecular complexity index is 1110. The Morgan fingerprint density at radius 3 is 2.55 bits per heavy atom. The van der Waals surface area contributed by atoms with Crippen LogP contribution >= 0.6 is 11.3 Å². The maximum atomic E-state index is 12.7. The molecule has 0 saturated carbocycles. The molecule has 158 valence electrons. The summed E-state index contributed by atoms with van der Waals surface area (Å²) >= 11 is 1.42. The van der Waals surface area contributed by atoms with Crippen LogP contribution in [0.5, 0.6) is 0 Å². The zero-order valence-corrected chi connectivity index (χ0v) is 17.6. The standard InChI is InChI=1S/C22H22N6O2S/c23-11-8-22(9-12-27(13-10-22)21(30)18-7-4-14-31-18)28-15-17(19(24)29)20(26-28)25-16-5-2-1-3-6-16/h1-7,14-15H,8-10,12-13H2,(H2,24,29)(H,25,26). The Balaban J connectivity index is 1.60. The number of anilines is 2. The number of carbonyl (C=O) groups excluding carboxylic acids is 2. The third-order valence-electron chi connectivity index (χ3n) is 5.62. The van der Waals surface area contributed by atoms with Crippen molar-refractivity contribution in [2.75, 3.05) is 18.4 Å². The van der Waals surface area contributed by atoms with E-state index in [1.165, 1.54) is 11.3 Å². The van der Waals surface area contributed by atoms with E-state index in [-0.39, 0.29) is 17.9 Å². The van der Waals surface area contributed by atoms with Gasteiger partial charge in [0.05, 0.1) is 22.9 Å². The molecule has 2 amide bonds. The largest absolute Gasteiger partial charge is 0.365 e. The van der Waals surface area contributed by atoms with Gasteiger partial charge in [0.25, 0.3) is 11.8 Å². The second-order valence-corrected chi connectivity index (χ2v) is 8.47. The summed E-state index contributed by atoms with van der Waals surface area (Å²) in [6.07, 6.45) is 2.95. The van der Waals surface area contributed by atoms with Gasteiger partial charge in [-0.1, -0.05) is 24.3 Å². The number of rotatable bonds is 6. The number of nitrogens with two attached hydrogens (primary N) is 1. The molecule has 0 aliphatic carbocycles. The number of nitriles is 1. The van der Waals surface area contributed by atoms with Gasteiger partial charge in [0.15, 0.2) is 5.82 Å². The van der Waals surface area contributed by atoms with E-state index in [0.29, 0.717) is 36.6 Å². The summed E-state index contributed by atoms with van der Waals surface area (Å²) in [6.45, 7) is 1.01. The number of para-hydroxylation sites is 1. The molecular weight excluding hydrogens is 412 g/mol. The van der Waals surface area contributed by atoms with Gasteiger partial charge in [-0.25, -0.2) is 0 Å². The lowest BCUT2D eigenvalue weighted by atomic mass is 9.85. The van der Waals surface area contributed by atoms with Crippen LogP contribution in [-0.4, -0.2) is 39.6 Å². The summed E-state index contributed by atoms with van der Waals surface area (Å²) in [4.78, 5) is 27.3. The Kier molecular flexibility index (Phi) is 5.73. The van der Waals surface area contributed by atoms with Crippen molar-refractivity contribution in [3.8, 4) is 6.07 Å². The highest BCUT2D eigenvalue weighted by atomic mass is 32.1. The van der Waals surface area contributed by atoms with Gasteiger partial charge in [0, 0.05) is 25.0 Å². The number of aromatic nitrogens is 2. The maximum absolute atomic E-state index is 12.7. The van der Waals surface area contributed by atoms with E-state index < -0.39 is 11.4 Å². The molecule has 31 heavy (non-hydrogen) atoms. The molecule has 0 radical (unpaired) electrons. The van der Waals surface area contributed by atoms with E-state index >= 15 is 0 Å². The second-order valence-electron chi connectivity index (χ2n) is 7.52. The van der Waals surface area contributed by atoms with Crippen molar-refractivity contribution >= 4 is 34.7 Å². The van der Waals surface area contributed by atoms with Crippen LogP contribution in [0.3, 0.4) is 0 Å². The first kappa shape index (κ1) is 20.6. The van der Waals surface area contributed by atoms with Crippen LogP contribution in [0.4, 0.5) is 11.5 Å². The highest BCUT2D eigenvalue weighted by molar-refractivity contribution is 7.12. The van der Waals surface area contributed by atoms with Gasteiger partial charge < -0.3 is 16.0 Å². The average Bonchev–Trinajstić information content (AvgIpc) is 3.45. The first-order valence-electron chi connectivity index (χ1n) is 9.94. The number of hydrogen-bond donors (Lipinski definition) is 2. The fourth-order valence-corrected chi connectivity index (χ4v) is 4.55. The summed E-state index contributed by atoms with van der Waals surface area (Å²) in [7, 11) is 0. The van der Waals surface area contributed by atoms with E-state index in [1.807, 2.05) is 52.7 Å². The van der Waals surface area contributed by atoms with Gasteiger partial charge in [-0.05, 0) is 36.4 Å². The number of amides is 2. The smallest absolute Gasteiger partial charge is 0.263 e. The molecule has 3 heterocycles. The van der Waals surface area contributed by atoms with Crippen molar-refractivity contribution in [3.63, 3.8) is 0 Å². The van der Waals surface area contributed by atoms with Crippen LogP contribution in [0.2, 0.25) is 0 Å². The monoisotopic (exact) mass is 434 g/mol. The van der Waals surface area contributed by atoms with Crippen molar-refractivity contribution in [2.24, 2.45) is 5.73 Å². The molecule has 3 aromatic rings. The fraction of sp³-hybridized carbons (Fsp3) is 0.273. The lowest BCUT2D eigenvalue weighted by Crippen LogP contribution is -2.48. The molecule has 0 bridgehead atoms. The molecule has 1 aromatic carbocycles. The van der Waals surface area contributed by atoms with Crippen molar-refractivity contribution in [3.05, 3.63) is 64.5 Å². The van der Waals surface area contributed by atoms with Gasteiger partial charge in [-0.2, -0.15) is 10.4 Å². The van der Waals surface area contributed by atoms with E-state index in [2.05, 4.69) is 16.5 Å². The summed E-state index contributed by atoms with van der Waals surface area (Å²) < 4.78 is 1.69. The molecule has 9 heteroatoms. The highest BCUT2D eigenvalue weighted by Gasteiger charge is 2.39. The summed E-state index contributed by atoms with van der Waals surface area (Å²) in [5.74, 6) is -0.236.